The number of aromatic hydroxyl groups is 2. The molecule has 1 aromatic heterocycles. The summed E-state index contributed by atoms with van der Waals surface area (Å²) in [6, 6.07) is 4.63. The van der Waals surface area contributed by atoms with E-state index in [9.17, 15) is 10.2 Å². The maximum atomic E-state index is 9.63. The van der Waals surface area contributed by atoms with E-state index in [1.54, 1.807) is 23.5 Å². The van der Waals surface area contributed by atoms with E-state index in [-0.39, 0.29) is 11.5 Å². The first kappa shape index (κ1) is 12.9. The summed E-state index contributed by atoms with van der Waals surface area (Å²) < 4.78 is 0. The molecule has 0 radical (unpaired) electrons. The highest BCUT2D eigenvalue weighted by Crippen LogP contribution is 2.22. The Morgan fingerprint density at radius 1 is 1.39 bits per heavy atom. The molecule has 0 aliphatic heterocycles. The zero-order valence-electron chi connectivity index (χ0n) is 10.1. The van der Waals surface area contributed by atoms with Crippen molar-refractivity contribution in [1.82, 2.24) is 10.3 Å². The molecule has 96 valence electrons. The molecule has 0 aliphatic rings. The SMILES string of the molecule is CC(CNCc1ccc(O)cc1O)c1nccs1. The topological polar surface area (TPSA) is 65.4 Å². The molecule has 0 saturated carbocycles. The first-order valence-corrected chi connectivity index (χ1v) is 6.65. The van der Waals surface area contributed by atoms with Crippen molar-refractivity contribution in [3.63, 3.8) is 0 Å². The second-order valence-corrected chi connectivity index (χ2v) is 5.14. The number of phenols is 2. The summed E-state index contributed by atoms with van der Waals surface area (Å²) in [4.78, 5) is 4.27. The van der Waals surface area contributed by atoms with E-state index in [0.29, 0.717) is 12.5 Å². The number of aromatic nitrogens is 1. The fraction of sp³-hybridized carbons (Fsp3) is 0.308. The molecule has 0 fully saturated rings. The van der Waals surface area contributed by atoms with Gasteiger partial charge in [0.05, 0.1) is 5.01 Å². The van der Waals surface area contributed by atoms with Gasteiger partial charge in [-0.25, -0.2) is 4.98 Å². The van der Waals surface area contributed by atoms with E-state index in [4.69, 9.17) is 0 Å². The van der Waals surface area contributed by atoms with Gasteiger partial charge in [0.1, 0.15) is 11.5 Å². The second-order valence-electron chi connectivity index (χ2n) is 4.22. The third-order valence-electron chi connectivity index (χ3n) is 2.71. The third-order valence-corrected chi connectivity index (χ3v) is 3.71. The Hall–Kier alpha value is -1.59. The van der Waals surface area contributed by atoms with Crippen LogP contribution in [-0.2, 0) is 6.54 Å². The monoisotopic (exact) mass is 264 g/mol. The highest BCUT2D eigenvalue weighted by molar-refractivity contribution is 7.09. The van der Waals surface area contributed by atoms with Crippen LogP contribution in [0.5, 0.6) is 11.5 Å². The molecule has 1 atom stereocenters. The van der Waals surface area contributed by atoms with Crippen LogP contribution in [0.4, 0.5) is 0 Å². The lowest BCUT2D eigenvalue weighted by Gasteiger charge is -2.11. The number of thiazole rings is 1. The Labute approximate surface area is 110 Å². The average molecular weight is 264 g/mol. The van der Waals surface area contributed by atoms with E-state index in [1.807, 2.05) is 11.6 Å². The van der Waals surface area contributed by atoms with Gasteiger partial charge in [0.15, 0.2) is 0 Å². The van der Waals surface area contributed by atoms with Crippen LogP contribution < -0.4 is 5.32 Å². The summed E-state index contributed by atoms with van der Waals surface area (Å²) in [5.41, 5.74) is 0.777. The minimum Gasteiger partial charge on any atom is -0.508 e. The van der Waals surface area contributed by atoms with E-state index in [0.717, 1.165) is 17.1 Å². The number of phenolic OH excluding ortho intramolecular Hbond substituents is 2. The number of benzene rings is 1. The van der Waals surface area contributed by atoms with Crippen LogP contribution in [0.3, 0.4) is 0 Å². The maximum absolute atomic E-state index is 9.63. The molecule has 0 spiro atoms. The summed E-state index contributed by atoms with van der Waals surface area (Å²) in [5.74, 6) is 0.543. The normalized spacial score (nSPS) is 12.5. The molecule has 0 amide bonds. The molecule has 1 aromatic carbocycles. The lowest BCUT2D eigenvalue weighted by Crippen LogP contribution is -2.19. The third kappa shape index (κ3) is 3.21. The Balaban J connectivity index is 1.85. The van der Waals surface area contributed by atoms with Gasteiger partial charge in [-0.2, -0.15) is 0 Å². The smallest absolute Gasteiger partial charge is 0.123 e. The van der Waals surface area contributed by atoms with Gasteiger partial charge in [-0.05, 0) is 6.07 Å². The molecular formula is C13H16N2O2S. The van der Waals surface area contributed by atoms with Crippen LogP contribution in [-0.4, -0.2) is 21.7 Å². The van der Waals surface area contributed by atoms with Crippen molar-refractivity contribution in [2.45, 2.75) is 19.4 Å². The standard InChI is InChI=1S/C13H16N2O2S/c1-9(13-15-4-5-18-13)7-14-8-10-2-3-11(16)6-12(10)17/h2-6,9,14,16-17H,7-8H2,1H3. The van der Waals surface area contributed by atoms with Gasteiger partial charge in [0.2, 0.25) is 0 Å². The van der Waals surface area contributed by atoms with Gasteiger partial charge in [-0.1, -0.05) is 13.0 Å². The van der Waals surface area contributed by atoms with E-state index in [1.165, 1.54) is 6.07 Å². The van der Waals surface area contributed by atoms with E-state index in [2.05, 4.69) is 17.2 Å². The second kappa shape index (κ2) is 5.84. The van der Waals surface area contributed by atoms with E-state index >= 15 is 0 Å². The Kier molecular flexibility index (Phi) is 4.17. The van der Waals surface area contributed by atoms with Crippen molar-refractivity contribution in [3.05, 3.63) is 40.3 Å². The van der Waals surface area contributed by atoms with Crippen molar-refractivity contribution in [2.75, 3.05) is 6.54 Å². The van der Waals surface area contributed by atoms with Crippen LogP contribution in [0, 0.1) is 0 Å². The molecule has 1 heterocycles. The molecule has 2 rings (SSSR count). The van der Waals surface area contributed by atoms with Crippen molar-refractivity contribution in [1.29, 1.82) is 0 Å². The molecule has 3 N–H and O–H groups in total. The predicted octanol–water partition coefficient (Wildman–Crippen LogP) is 2.45. The van der Waals surface area contributed by atoms with Crippen LogP contribution in [0.25, 0.3) is 0 Å². The lowest BCUT2D eigenvalue weighted by atomic mass is 10.1. The average Bonchev–Trinajstić information content (AvgIpc) is 2.85. The van der Waals surface area contributed by atoms with Gasteiger partial charge in [-0.3, -0.25) is 0 Å². The van der Waals surface area contributed by atoms with Crippen molar-refractivity contribution in [2.24, 2.45) is 0 Å². The highest BCUT2D eigenvalue weighted by Gasteiger charge is 2.08. The number of rotatable bonds is 5. The molecule has 0 saturated heterocycles. The molecular weight excluding hydrogens is 248 g/mol. The molecule has 4 nitrogen and oxygen atoms in total. The molecule has 2 aromatic rings. The first-order valence-electron chi connectivity index (χ1n) is 5.78. The van der Waals surface area contributed by atoms with Gasteiger partial charge >= 0.3 is 0 Å². The van der Waals surface area contributed by atoms with Crippen LogP contribution >= 0.6 is 11.3 Å². The van der Waals surface area contributed by atoms with Crippen molar-refractivity contribution < 1.29 is 10.2 Å². The zero-order valence-corrected chi connectivity index (χ0v) is 10.9. The summed E-state index contributed by atoms with van der Waals surface area (Å²) in [5, 5.41) is 25.2. The largest absolute Gasteiger partial charge is 0.508 e. The fourth-order valence-electron chi connectivity index (χ4n) is 1.69. The van der Waals surface area contributed by atoms with Crippen LogP contribution in [0.1, 0.15) is 23.4 Å². The Bertz CT molecular complexity index is 500. The van der Waals surface area contributed by atoms with Gasteiger partial charge in [0, 0.05) is 42.2 Å². The van der Waals surface area contributed by atoms with Crippen LogP contribution in [0.15, 0.2) is 29.8 Å². The summed E-state index contributed by atoms with van der Waals surface area (Å²) in [7, 11) is 0. The minimum atomic E-state index is 0.0763. The summed E-state index contributed by atoms with van der Waals surface area (Å²) >= 11 is 1.65. The maximum Gasteiger partial charge on any atom is 0.123 e. The fourth-order valence-corrected chi connectivity index (χ4v) is 2.39. The zero-order chi connectivity index (χ0) is 13.0. The lowest BCUT2D eigenvalue weighted by molar-refractivity contribution is 0.443. The molecule has 0 aliphatic carbocycles. The van der Waals surface area contributed by atoms with Crippen LogP contribution in [0.2, 0.25) is 0 Å². The predicted molar refractivity (Wildman–Crippen MR) is 72.0 cm³/mol. The minimum absolute atomic E-state index is 0.0763. The molecule has 18 heavy (non-hydrogen) atoms. The first-order chi connectivity index (χ1) is 8.66. The number of nitrogens with one attached hydrogen (secondary N) is 1. The van der Waals surface area contributed by atoms with E-state index < -0.39 is 0 Å². The summed E-state index contributed by atoms with van der Waals surface area (Å²) in [6.45, 7) is 3.48. The number of nitrogens with zero attached hydrogens (tertiary/aromatic N) is 1. The summed E-state index contributed by atoms with van der Waals surface area (Å²) in [6.07, 6.45) is 1.81. The Morgan fingerprint density at radius 2 is 2.22 bits per heavy atom. The van der Waals surface area contributed by atoms with Gasteiger partial charge in [-0.15, -0.1) is 11.3 Å². The van der Waals surface area contributed by atoms with Crippen molar-refractivity contribution >= 4 is 11.3 Å². The molecule has 0 bridgehead atoms. The molecule has 1 unspecified atom stereocenters. The quantitative estimate of drug-likeness (QED) is 0.776. The van der Waals surface area contributed by atoms with Crippen molar-refractivity contribution in [3.8, 4) is 11.5 Å². The number of hydrogen-bond acceptors (Lipinski definition) is 5. The Morgan fingerprint density at radius 3 is 2.89 bits per heavy atom. The highest BCUT2D eigenvalue weighted by atomic mass is 32.1. The van der Waals surface area contributed by atoms with Gasteiger partial charge in [0.25, 0.3) is 0 Å². The number of hydrogen-bond donors (Lipinski definition) is 3. The van der Waals surface area contributed by atoms with Gasteiger partial charge < -0.3 is 15.5 Å². The molecule has 5 heteroatoms.